The zero-order valence-electron chi connectivity index (χ0n) is 8.88. The van der Waals surface area contributed by atoms with Gasteiger partial charge in [-0.05, 0) is 12.5 Å². The Labute approximate surface area is 92.4 Å². The normalized spacial score (nSPS) is 9.81. The Morgan fingerprint density at radius 1 is 1.62 bits per heavy atom. The Kier molecular flexibility index (Phi) is 4.38. The summed E-state index contributed by atoms with van der Waals surface area (Å²) in [5.41, 5.74) is -0.576. The molecule has 0 saturated carbocycles. The summed E-state index contributed by atoms with van der Waals surface area (Å²) in [6.07, 6.45) is 2.94. The van der Waals surface area contributed by atoms with Crippen molar-refractivity contribution in [2.24, 2.45) is 0 Å². The molecule has 1 aromatic rings. The van der Waals surface area contributed by atoms with Crippen LogP contribution in [0.5, 0.6) is 0 Å². The number of aromatic nitrogens is 1. The second-order valence-electron chi connectivity index (χ2n) is 3.12. The van der Waals surface area contributed by atoms with E-state index in [9.17, 15) is 14.9 Å². The number of unbranched alkanes of at least 4 members (excludes halogenated alkanes) is 1. The van der Waals surface area contributed by atoms with Gasteiger partial charge in [0.2, 0.25) is 5.69 Å². The second-order valence-corrected chi connectivity index (χ2v) is 3.12. The van der Waals surface area contributed by atoms with Crippen molar-refractivity contribution >= 4 is 11.7 Å². The van der Waals surface area contributed by atoms with Gasteiger partial charge in [-0.25, -0.2) is 9.78 Å². The summed E-state index contributed by atoms with van der Waals surface area (Å²) in [7, 11) is 0. The maximum atomic E-state index is 11.5. The van der Waals surface area contributed by atoms with Crippen LogP contribution in [-0.2, 0) is 4.74 Å². The number of carbonyl (C=O) groups is 1. The van der Waals surface area contributed by atoms with Crippen LogP contribution in [-0.4, -0.2) is 22.5 Å². The van der Waals surface area contributed by atoms with Crippen LogP contribution in [0.2, 0.25) is 0 Å². The zero-order valence-corrected chi connectivity index (χ0v) is 8.88. The van der Waals surface area contributed by atoms with Crippen molar-refractivity contribution in [3.63, 3.8) is 0 Å². The van der Waals surface area contributed by atoms with Crippen LogP contribution in [0, 0.1) is 10.1 Å². The summed E-state index contributed by atoms with van der Waals surface area (Å²) >= 11 is 0. The van der Waals surface area contributed by atoms with Crippen LogP contribution < -0.4 is 0 Å². The van der Waals surface area contributed by atoms with E-state index in [-0.39, 0.29) is 18.0 Å². The number of hydrogen-bond acceptors (Lipinski definition) is 5. The highest BCUT2D eigenvalue weighted by Gasteiger charge is 2.22. The third-order valence-electron chi connectivity index (χ3n) is 1.91. The second kappa shape index (κ2) is 5.79. The summed E-state index contributed by atoms with van der Waals surface area (Å²) in [6.45, 7) is 2.21. The molecule has 86 valence electrons. The third-order valence-corrected chi connectivity index (χ3v) is 1.91. The molecule has 1 aromatic heterocycles. The molecule has 0 bridgehead atoms. The molecule has 6 heteroatoms. The van der Waals surface area contributed by atoms with E-state index in [1.165, 1.54) is 18.3 Å². The van der Waals surface area contributed by atoms with Gasteiger partial charge in [0.25, 0.3) is 0 Å². The van der Waals surface area contributed by atoms with Crippen LogP contribution >= 0.6 is 0 Å². The molecule has 1 heterocycles. The minimum atomic E-state index is -0.749. The van der Waals surface area contributed by atoms with Crippen molar-refractivity contribution in [1.29, 1.82) is 0 Å². The lowest BCUT2D eigenvalue weighted by Crippen LogP contribution is -2.11. The summed E-state index contributed by atoms with van der Waals surface area (Å²) in [4.78, 5) is 25.1. The van der Waals surface area contributed by atoms with Gasteiger partial charge in [0.1, 0.15) is 0 Å². The lowest BCUT2D eigenvalue weighted by atomic mass is 10.3. The monoisotopic (exact) mass is 224 g/mol. The first-order valence-electron chi connectivity index (χ1n) is 4.93. The number of carbonyl (C=O) groups excluding carboxylic acids is 1. The molecular weight excluding hydrogens is 212 g/mol. The number of ether oxygens (including phenoxy) is 1. The minimum absolute atomic E-state index is 0.247. The molecule has 1 rings (SSSR count). The predicted octanol–water partition coefficient (Wildman–Crippen LogP) is 1.95. The molecule has 0 aliphatic heterocycles. The van der Waals surface area contributed by atoms with Crippen LogP contribution in [0.4, 0.5) is 5.69 Å². The Bertz CT molecular complexity index is 392. The van der Waals surface area contributed by atoms with Gasteiger partial charge in [-0.3, -0.25) is 10.1 Å². The van der Waals surface area contributed by atoms with Gasteiger partial charge >= 0.3 is 11.7 Å². The lowest BCUT2D eigenvalue weighted by Gasteiger charge is -2.03. The predicted molar refractivity (Wildman–Crippen MR) is 56.1 cm³/mol. The van der Waals surface area contributed by atoms with Crippen LogP contribution in [0.3, 0.4) is 0 Å². The molecule has 0 N–H and O–H groups in total. The lowest BCUT2D eigenvalue weighted by molar-refractivity contribution is -0.385. The number of esters is 1. The Morgan fingerprint density at radius 2 is 2.38 bits per heavy atom. The van der Waals surface area contributed by atoms with Crippen LogP contribution in [0.25, 0.3) is 0 Å². The number of pyridine rings is 1. The molecule has 0 unspecified atom stereocenters. The van der Waals surface area contributed by atoms with Crippen molar-refractivity contribution in [1.82, 2.24) is 4.98 Å². The Hall–Kier alpha value is -1.98. The van der Waals surface area contributed by atoms with Crippen LogP contribution in [0.1, 0.15) is 30.3 Å². The largest absolute Gasteiger partial charge is 0.461 e. The summed E-state index contributed by atoms with van der Waals surface area (Å²) in [5, 5.41) is 10.6. The molecule has 0 spiro atoms. The quantitative estimate of drug-likeness (QED) is 0.330. The summed E-state index contributed by atoms with van der Waals surface area (Å²) in [6, 6.07) is 2.63. The number of rotatable bonds is 5. The highest BCUT2D eigenvalue weighted by atomic mass is 16.6. The minimum Gasteiger partial charge on any atom is -0.461 e. The number of hydrogen-bond donors (Lipinski definition) is 0. The fourth-order valence-corrected chi connectivity index (χ4v) is 1.08. The van der Waals surface area contributed by atoms with Crippen molar-refractivity contribution < 1.29 is 14.5 Å². The van der Waals surface area contributed by atoms with E-state index >= 15 is 0 Å². The maximum Gasteiger partial charge on any atom is 0.364 e. The SMILES string of the molecule is CCCCOC(=O)c1ncccc1[N+](=O)[O-]. The molecule has 0 aliphatic carbocycles. The standard InChI is InChI=1S/C10H12N2O4/c1-2-3-7-16-10(13)9-8(12(14)15)5-4-6-11-9/h4-6H,2-3,7H2,1H3. The molecular formula is C10H12N2O4. The van der Waals surface area contributed by atoms with E-state index in [0.29, 0.717) is 0 Å². The highest BCUT2D eigenvalue weighted by Crippen LogP contribution is 2.15. The maximum absolute atomic E-state index is 11.5. The zero-order chi connectivity index (χ0) is 12.0. The molecule has 0 aliphatic rings. The average molecular weight is 224 g/mol. The smallest absolute Gasteiger partial charge is 0.364 e. The van der Waals surface area contributed by atoms with Gasteiger partial charge < -0.3 is 4.74 Å². The third kappa shape index (κ3) is 3.01. The van der Waals surface area contributed by atoms with Gasteiger partial charge in [-0.2, -0.15) is 0 Å². The first-order chi connectivity index (χ1) is 7.66. The molecule has 16 heavy (non-hydrogen) atoms. The fourth-order valence-electron chi connectivity index (χ4n) is 1.08. The van der Waals surface area contributed by atoms with Gasteiger partial charge in [0, 0.05) is 12.3 Å². The van der Waals surface area contributed by atoms with Crippen molar-refractivity contribution in [2.45, 2.75) is 19.8 Å². The molecule has 0 amide bonds. The molecule has 6 nitrogen and oxygen atoms in total. The van der Waals surface area contributed by atoms with E-state index in [1.807, 2.05) is 6.92 Å². The molecule has 0 radical (unpaired) electrons. The first kappa shape index (κ1) is 12.1. The van der Waals surface area contributed by atoms with Crippen molar-refractivity contribution in [2.75, 3.05) is 6.61 Å². The number of nitrogens with zero attached hydrogens (tertiary/aromatic N) is 2. The summed E-state index contributed by atoms with van der Waals surface area (Å²) in [5.74, 6) is -0.749. The van der Waals surface area contributed by atoms with Gasteiger partial charge in [-0.15, -0.1) is 0 Å². The average Bonchev–Trinajstić information content (AvgIpc) is 2.29. The van der Waals surface area contributed by atoms with E-state index in [1.54, 1.807) is 0 Å². The molecule has 0 saturated heterocycles. The summed E-state index contributed by atoms with van der Waals surface area (Å²) < 4.78 is 4.85. The van der Waals surface area contributed by atoms with E-state index in [2.05, 4.69) is 4.98 Å². The van der Waals surface area contributed by atoms with E-state index in [0.717, 1.165) is 12.8 Å². The van der Waals surface area contributed by atoms with Crippen molar-refractivity contribution in [3.05, 3.63) is 34.1 Å². The van der Waals surface area contributed by atoms with Gasteiger partial charge in [-0.1, -0.05) is 13.3 Å². The Morgan fingerprint density at radius 3 is 3.00 bits per heavy atom. The molecule has 0 fully saturated rings. The van der Waals surface area contributed by atoms with Crippen LogP contribution in [0.15, 0.2) is 18.3 Å². The highest BCUT2D eigenvalue weighted by molar-refractivity contribution is 5.91. The van der Waals surface area contributed by atoms with Gasteiger partial charge in [0.05, 0.1) is 11.5 Å². The topological polar surface area (TPSA) is 82.3 Å². The fraction of sp³-hybridized carbons (Fsp3) is 0.400. The van der Waals surface area contributed by atoms with E-state index < -0.39 is 10.9 Å². The molecule has 0 aromatic carbocycles. The molecule has 0 atom stereocenters. The Balaban J connectivity index is 2.78. The van der Waals surface area contributed by atoms with E-state index in [4.69, 9.17) is 4.74 Å². The van der Waals surface area contributed by atoms with Crippen molar-refractivity contribution in [3.8, 4) is 0 Å². The first-order valence-corrected chi connectivity index (χ1v) is 4.93. The number of nitro groups is 1. The van der Waals surface area contributed by atoms with Gasteiger partial charge in [0.15, 0.2) is 0 Å².